The first-order valence-corrected chi connectivity index (χ1v) is 7.21. The van der Waals surface area contributed by atoms with E-state index in [4.69, 9.17) is 4.74 Å². The molecular weight excluding hydrogens is 286 g/mol. The van der Waals surface area contributed by atoms with Crippen molar-refractivity contribution in [3.8, 4) is 16.9 Å². The summed E-state index contributed by atoms with van der Waals surface area (Å²) in [6.07, 6.45) is 3.97. The molecule has 0 bridgehead atoms. The normalized spacial score (nSPS) is 9.48. The zero-order chi connectivity index (χ0) is 16.5. The predicted octanol–water partition coefficient (Wildman–Crippen LogP) is 4.36. The van der Waals surface area contributed by atoms with E-state index in [9.17, 15) is 4.79 Å². The van der Waals surface area contributed by atoms with Gasteiger partial charge in [-0.3, -0.25) is 9.78 Å². The Morgan fingerprint density at radius 3 is 2.26 bits per heavy atom. The molecule has 3 aromatic rings. The van der Waals surface area contributed by atoms with Crippen LogP contribution in [0.3, 0.4) is 0 Å². The van der Waals surface area contributed by atoms with Crippen LogP contribution in [-0.4, -0.2) is 18.4 Å². The summed E-state index contributed by atoms with van der Waals surface area (Å²) in [6, 6.07) is 20.5. The third-order valence-electron chi connectivity index (χ3n) is 3.31. The van der Waals surface area contributed by atoms with Crippen LogP contribution in [0.25, 0.3) is 11.1 Å². The van der Waals surface area contributed by atoms with Crippen molar-refractivity contribution < 1.29 is 9.53 Å². The minimum absolute atomic E-state index is 0.667. The molecule has 1 radical (unpaired) electrons. The Balaban J connectivity index is 0.000000203. The zero-order valence-electron chi connectivity index (χ0n) is 13.2. The predicted molar refractivity (Wildman–Crippen MR) is 91.6 cm³/mol. The number of benzene rings is 2. The van der Waals surface area contributed by atoms with E-state index in [0.717, 1.165) is 12.0 Å². The van der Waals surface area contributed by atoms with Crippen LogP contribution in [0.1, 0.15) is 15.9 Å². The highest BCUT2D eigenvalue weighted by Crippen LogP contribution is 2.24. The summed E-state index contributed by atoms with van der Waals surface area (Å²) >= 11 is 0. The molecule has 3 nitrogen and oxygen atoms in total. The Kier molecular flexibility index (Phi) is 6.07. The number of hydrogen-bond acceptors (Lipinski definition) is 3. The summed E-state index contributed by atoms with van der Waals surface area (Å²) in [5.41, 5.74) is 4.36. The zero-order valence-corrected chi connectivity index (χ0v) is 13.2. The number of aryl methyl sites for hydroxylation is 1. The molecule has 0 saturated heterocycles. The lowest BCUT2D eigenvalue weighted by Crippen LogP contribution is -1.84. The van der Waals surface area contributed by atoms with Crippen LogP contribution < -0.4 is 4.74 Å². The van der Waals surface area contributed by atoms with Crippen LogP contribution in [0.5, 0.6) is 5.75 Å². The minimum atomic E-state index is 0.667. The fourth-order valence-electron chi connectivity index (χ4n) is 2.05. The number of carbonyl (C=O) groups excluding carboxylic acids is 1. The largest absolute Gasteiger partial charge is 0.497 e. The first kappa shape index (κ1) is 16.4. The Bertz CT molecular complexity index is 737. The van der Waals surface area contributed by atoms with Gasteiger partial charge in [0.05, 0.1) is 7.11 Å². The highest BCUT2D eigenvalue weighted by molar-refractivity contribution is 5.74. The van der Waals surface area contributed by atoms with Crippen LogP contribution >= 0.6 is 0 Å². The van der Waals surface area contributed by atoms with E-state index < -0.39 is 0 Å². The van der Waals surface area contributed by atoms with Crippen LogP contribution in [0.2, 0.25) is 0 Å². The van der Waals surface area contributed by atoms with Gasteiger partial charge in [-0.15, -0.1) is 0 Å². The monoisotopic (exact) mass is 304 g/mol. The summed E-state index contributed by atoms with van der Waals surface area (Å²) in [6.45, 7) is 2.09. The van der Waals surface area contributed by atoms with Crippen molar-refractivity contribution in [2.24, 2.45) is 0 Å². The van der Waals surface area contributed by atoms with Crippen molar-refractivity contribution in [2.45, 2.75) is 6.92 Å². The highest BCUT2D eigenvalue weighted by atomic mass is 16.5. The van der Waals surface area contributed by atoms with Crippen LogP contribution in [-0.2, 0) is 0 Å². The molecular formula is C20H18NO2. The van der Waals surface area contributed by atoms with Crippen molar-refractivity contribution in [1.29, 1.82) is 0 Å². The number of methoxy groups -OCH3 is 1. The van der Waals surface area contributed by atoms with Gasteiger partial charge in [0.1, 0.15) is 12.0 Å². The molecule has 0 unspecified atom stereocenters. The molecule has 0 aliphatic carbocycles. The van der Waals surface area contributed by atoms with Crippen molar-refractivity contribution in [3.63, 3.8) is 0 Å². The molecule has 0 amide bonds. The van der Waals surface area contributed by atoms with Gasteiger partial charge in [-0.2, -0.15) is 0 Å². The van der Waals surface area contributed by atoms with E-state index in [0.29, 0.717) is 5.56 Å². The molecule has 0 atom stereocenters. The van der Waals surface area contributed by atoms with Gasteiger partial charge in [-0.1, -0.05) is 30.3 Å². The van der Waals surface area contributed by atoms with E-state index in [2.05, 4.69) is 36.2 Å². The summed E-state index contributed by atoms with van der Waals surface area (Å²) in [4.78, 5) is 13.7. The van der Waals surface area contributed by atoms with E-state index in [1.165, 1.54) is 16.7 Å². The smallest absolute Gasteiger partial charge is 0.150 e. The number of pyridine rings is 1. The number of hydrogen-bond donors (Lipinski definition) is 0. The molecule has 3 rings (SSSR count). The molecule has 2 aromatic carbocycles. The summed E-state index contributed by atoms with van der Waals surface area (Å²) in [5, 5.41) is 0. The maximum Gasteiger partial charge on any atom is 0.150 e. The quantitative estimate of drug-likeness (QED) is 0.675. The highest BCUT2D eigenvalue weighted by Gasteiger charge is 2.00. The molecule has 0 aliphatic rings. The Labute approximate surface area is 136 Å². The molecule has 23 heavy (non-hydrogen) atoms. The lowest BCUT2D eigenvalue weighted by atomic mass is 10.0. The van der Waals surface area contributed by atoms with Gasteiger partial charge in [0.15, 0.2) is 0 Å². The van der Waals surface area contributed by atoms with Gasteiger partial charge < -0.3 is 4.74 Å². The number of nitrogens with zero attached hydrogens (tertiary/aromatic N) is 1. The lowest BCUT2D eigenvalue weighted by molar-refractivity contribution is 0.112. The third kappa shape index (κ3) is 4.78. The van der Waals surface area contributed by atoms with Gasteiger partial charge >= 0.3 is 0 Å². The van der Waals surface area contributed by atoms with Crippen molar-refractivity contribution in [1.82, 2.24) is 4.98 Å². The topological polar surface area (TPSA) is 39.2 Å². The molecule has 1 heterocycles. The van der Waals surface area contributed by atoms with E-state index >= 15 is 0 Å². The number of carbonyl (C=O) groups is 1. The van der Waals surface area contributed by atoms with E-state index in [1.54, 1.807) is 31.6 Å². The second-order valence-electron chi connectivity index (χ2n) is 4.87. The molecule has 3 heteroatoms. The standard InChI is InChI=1S/C14H13O.C6H5NO/c1-11-5-3-4-6-14(11)12-7-9-13(15-2)10-8-12;8-5-6-1-3-7-4-2-6/h4-10H,1-2H3;1-5H. The van der Waals surface area contributed by atoms with Crippen LogP contribution in [0.4, 0.5) is 0 Å². The molecule has 1 aromatic heterocycles. The Hall–Kier alpha value is -2.94. The second-order valence-corrected chi connectivity index (χ2v) is 4.87. The van der Waals surface area contributed by atoms with Crippen molar-refractivity contribution in [3.05, 3.63) is 84.2 Å². The summed E-state index contributed by atoms with van der Waals surface area (Å²) in [7, 11) is 1.68. The Morgan fingerprint density at radius 2 is 1.74 bits per heavy atom. The third-order valence-corrected chi connectivity index (χ3v) is 3.31. The van der Waals surface area contributed by atoms with Crippen molar-refractivity contribution >= 4 is 6.29 Å². The summed E-state index contributed by atoms with van der Waals surface area (Å²) in [5.74, 6) is 0.888. The first-order valence-electron chi connectivity index (χ1n) is 7.21. The van der Waals surface area contributed by atoms with Gasteiger partial charge in [-0.05, 0) is 53.9 Å². The lowest BCUT2D eigenvalue weighted by Gasteiger charge is -2.06. The molecule has 115 valence electrons. The van der Waals surface area contributed by atoms with Gasteiger partial charge in [-0.25, -0.2) is 0 Å². The fraction of sp³-hybridized carbons (Fsp3) is 0.100. The molecule has 0 aliphatic heterocycles. The van der Waals surface area contributed by atoms with Crippen LogP contribution in [0, 0.1) is 13.0 Å². The van der Waals surface area contributed by atoms with E-state index in [1.807, 2.05) is 24.3 Å². The van der Waals surface area contributed by atoms with Gasteiger partial charge in [0.25, 0.3) is 0 Å². The van der Waals surface area contributed by atoms with Crippen molar-refractivity contribution in [2.75, 3.05) is 7.11 Å². The minimum Gasteiger partial charge on any atom is -0.497 e. The SMILES string of the molecule is COc1ccc(-c2cc[c]cc2C)cc1.O=Cc1ccncc1. The Morgan fingerprint density at radius 1 is 1.04 bits per heavy atom. The van der Waals surface area contributed by atoms with Gasteiger partial charge in [0, 0.05) is 18.0 Å². The molecule has 0 spiro atoms. The number of rotatable bonds is 3. The number of aromatic nitrogens is 1. The van der Waals surface area contributed by atoms with E-state index in [-0.39, 0.29) is 0 Å². The molecule has 0 saturated carbocycles. The number of ether oxygens (including phenoxy) is 1. The summed E-state index contributed by atoms with van der Waals surface area (Å²) < 4.78 is 5.13. The fourth-order valence-corrected chi connectivity index (χ4v) is 2.05. The second kappa shape index (κ2) is 8.49. The maximum absolute atomic E-state index is 9.98. The average molecular weight is 304 g/mol. The molecule has 0 fully saturated rings. The number of aldehydes is 1. The average Bonchev–Trinajstić information content (AvgIpc) is 2.63. The van der Waals surface area contributed by atoms with Crippen LogP contribution in [0.15, 0.2) is 67.0 Å². The maximum atomic E-state index is 9.98. The molecule has 0 N–H and O–H groups in total. The first-order chi connectivity index (χ1) is 11.2. The van der Waals surface area contributed by atoms with Gasteiger partial charge in [0.2, 0.25) is 0 Å².